The molecule has 0 amide bonds. The molecule has 1 saturated carbocycles. The van der Waals surface area contributed by atoms with Crippen LogP contribution in [0, 0.1) is 5.92 Å². The molecule has 1 heterocycles. The molecule has 0 aliphatic heterocycles. The molecule has 106 valence electrons. The Morgan fingerprint density at radius 3 is 2.75 bits per heavy atom. The Morgan fingerprint density at radius 2 is 2.15 bits per heavy atom. The normalized spacial score (nSPS) is 14.3. The number of methoxy groups -OCH3 is 1. The summed E-state index contributed by atoms with van der Waals surface area (Å²) < 4.78 is 11.1. The minimum absolute atomic E-state index is 0.473. The number of anilines is 1. The van der Waals surface area contributed by atoms with Crippen LogP contribution in [0.25, 0.3) is 11.1 Å². The van der Waals surface area contributed by atoms with Gasteiger partial charge in [0.2, 0.25) is 0 Å². The second kappa shape index (κ2) is 5.25. The van der Waals surface area contributed by atoms with Crippen molar-refractivity contribution in [2.24, 2.45) is 5.92 Å². The minimum atomic E-state index is 0.473. The number of nitrogens with one attached hydrogen (secondary N) is 1. The Bertz CT molecular complexity index is 623. The maximum atomic E-state index is 6.32. The van der Waals surface area contributed by atoms with Gasteiger partial charge in [-0.05, 0) is 24.8 Å². The number of hydrogen-bond donors (Lipinski definition) is 2. The van der Waals surface area contributed by atoms with E-state index >= 15 is 0 Å². The van der Waals surface area contributed by atoms with Gasteiger partial charge in [0, 0.05) is 17.2 Å². The fraction of sp³-hybridized carbons (Fsp3) is 0.357. The number of H-pyrrole nitrogens is 1. The lowest BCUT2D eigenvalue weighted by Crippen LogP contribution is -2.01. The molecule has 1 aromatic heterocycles. The van der Waals surface area contributed by atoms with Crippen molar-refractivity contribution in [3.05, 3.63) is 23.4 Å². The van der Waals surface area contributed by atoms with Gasteiger partial charge in [-0.25, -0.2) is 0 Å². The van der Waals surface area contributed by atoms with Crippen LogP contribution < -0.4 is 15.2 Å². The molecule has 0 atom stereocenters. The SMILES string of the molecule is COc1cc(-c2cn[nH]c2N)c(Cl)cc1OCC1CC1. The highest BCUT2D eigenvalue weighted by Gasteiger charge is 2.23. The van der Waals surface area contributed by atoms with E-state index in [-0.39, 0.29) is 0 Å². The number of ether oxygens (including phenoxy) is 2. The van der Waals surface area contributed by atoms with Gasteiger partial charge in [-0.1, -0.05) is 11.6 Å². The molecule has 6 heteroatoms. The Balaban J connectivity index is 1.94. The summed E-state index contributed by atoms with van der Waals surface area (Å²) >= 11 is 6.32. The van der Waals surface area contributed by atoms with E-state index in [1.807, 2.05) is 6.07 Å². The molecule has 20 heavy (non-hydrogen) atoms. The lowest BCUT2D eigenvalue weighted by molar-refractivity contribution is 0.280. The number of nitrogens with zero attached hydrogens (tertiary/aromatic N) is 1. The van der Waals surface area contributed by atoms with Gasteiger partial charge in [-0.15, -0.1) is 0 Å². The first-order chi connectivity index (χ1) is 9.69. The molecule has 3 N–H and O–H groups in total. The van der Waals surface area contributed by atoms with E-state index < -0.39 is 0 Å². The minimum Gasteiger partial charge on any atom is -0.493 e. The first-order valence-electron chi connectivity index (χ1n) is 6.48. The summed E-state index contributed by atoms with van der Waals surface area (Å²) in [5, 5.41) is 7.16. The van der Waals surface area contributed by atoms with Gasteiger partial charge in [0.1, 0.15) is 5.82 Å². The first-order valence-corrected chi connectivity index (χ1v) is 6.86. The third-order valence-electron chi connectivity index (χ3n) is 3.38. The summed E-state index contributed by atoms with van der Waals surface area (Å²) in [6.45, 7) is 0.708. The molecular weight excluding hydrogens is 278 g/mol. The van der Waals surface area contributed by atoms with Crippen molar-refractivity contribution >= 4 is 17.4 Å². The van der Waals surface area contributed by atoms with Crippen LogP contribution in [-0.2, 0) is 0 Å². The number of nitrogens with two attached hydrogens (primary N) is 1. The zero-order chi connectivity index (χ0) is 14.1. The fourth-order valence-electron chi connectivity index (χ4n) is 2.02. The summed E-state index contributed by atoms with van der Waals surface area (Å²) in [4.78, 5) is 0. The van der Waals surface area contributed by atoms with Gasteiger partial charge in [-0.3, -0.25) is 5.10 Å². The van der Waals surface area contributed by atoms with E-state index in [1.165, 1.54) is 12.8 Å². The molecule has 1 aliphatic rings. The van der Waals surface area contributed by atoms with Gasteiger partial charge >= 0.3 is 0 Å². The topological polar surface area (TPSA) is 73.2 Å². The molecular formula is C14H16ClN3O2. The largest absolute Gasteiger partial charge is 0.493 e. The second-order valence-corrected chi connectivity index (χ2v) is 5.34. The van der Waals surface area contributed by atoms with Gasteiger partial charge in [0.25, 0.3) is 0 Å². The number of halogens is 1. The van der Waals surface area contributed by atoms with Crippen molar-refractivity contribution in [2.45, 2.75) is 12.8 Å². The zero-order valence-corrected chi connectivity index (χ0v) is 11.9. The van der Waals surface area contributed by atoms with E-state index in [1.54, 1.807) is 19.4 Å². The number of aromatic nitrogens is 2. The highest BCUT2D eigenvalue weighted by Crippen LogP contribution is 2.40. The van der Waals surface area contributed by atoms with Crippen LogP contribution in [0.4, 0.5) is 5.82 Å². The van der Waals surface area contributed by atoms with Crippen LogP contribution in [0.1, 0.15) is 12.8 Å². The van der Waals surface area contributed by atoms with Crippen LogP contribution in [-0.4, -0.2) is 23.9 Å². The molecule has 0 unspecified atom stereocenters. The predicted octanol–water partition coefficient (Wildman–Crippen LogP) is 3.11. The standard InChI is InChI=1S/C14H16ClN3O2/c1-19-12-4-9(10-6-17-18-14(10)16)11(15)5-13(12)20-7-8-2-3-8/h4-6,8H,2-3,7H2,1H3,(H3,16,17,18). The van der Waals surface area contributed by atoms with Gasteiger partial charge in [0.05, 0.1) is 24.9 Å². The Kier molecular flexibility index (Phi) is 3.44. The summed E-state index contributed by atoms with van der Waals surface area (Å²) in [5.74, 6) is 2.45. The van der Waals surface area contributed by atoms with E-state index in [9.17, 15) is 0 Å². The summed E-state index contributed by atoms with van der Waals surface area (Å²) in [7, 11) is 1.61. The monoisotopic (exact) mass is 293 g/mol. The van der Waals surface area contributed by atoms with Gasteiger partial charge in [-0.2, -0.15) is 5.10 Å². The van der Waals surface area contributed by atoms with E-state index in [0.29, 0.717) is 34.9 Å². The molecule has 1 aliphatic carbocycles. The van der Waals surface area contributed by atoms with Crippen LogP contribution in [0.3, 0.4) is 0 Å². The van der Waals surface area contributed by atoms with Gasteiger partial charge in [0.15, 0.2) is 11.5 Å². The van der Waals surface area contributed by atoms with Crippen LogP contribution in [0.15, 0.2) is 18.3 Å². The quantitative estimate of drug-likeness (QED) is 0.888. The van der Waals surface area contributed by atoms with Gasteiger partial charge < -0.3 is 15.2 Å². The van der Waals surface area contributed by atoms with Crippen molar-refractivity contribution in [3.63, 3.8) is 0 Å². The molecule has 0 radical (unpaired) electrons. The number of hydrogen-bond acceptors (Lipinski definition) is 4. The fourth-order valence-corrected chi connectivity index (χ4v) is 2.27. The molecule has 1 fully saturated rings. The van der Waals surface area contributed by atoms with Crippen molar-refractivity contribution in [1.29, 1.82) is 0 Å². The lowest BCUT2D eigenvalue weighted by atomic mass is 10.1. The summed E-state index contributed by atoms with van der Waals surface area (Å²) in [6, 6.07) is 3.59. The van der Waals surface area contributed by atoms with Crippen LogP contribution >= 0.6 is 11.6 Å². The van der Waals surface area contributed by atoms with E-state index in [0.717, 1.165) is 11.1 Å². The Labute approximate surface area is 122 Å². The molecule has 1 aromatic carbocycles. The smallest absolute Gasteiger partial charge is 0.162 e. The lowest BCUT2D eigenvalue weighted by Gasteiger charge is -2.13. The molecule has 5 nitrogen and oxygen atoms in total. The average Bonchev–Trinajstić information content (AvgIpc) is 3.18. The van der Waals surface area contributed by atoms with E-state index in [2.05, 4.69) is 10.2 Å². The maximum Gasteiger partial charge on any atom is 0.162 e. The molecule has 3 rings (SSSR count). The van der Waals surface area contributed by atoms with Crippen LogP contribution in [0.2, 0.25) is 5.02 Å². The molecule has 0 spiro atoms. The summed E-state index contributed by atoms with van der Waals surface area (Å²) in [5.41, 5.74) is 7.35. The third kappa shape index (κ3) is 2.54. The average molecular weight is 294 g/mol. The third-order valence-corrected chi connectivity index (χ3v) is 3.70. The number of rotatable bonds is 5. The summed E-state index contributed by atoms with van der Waals surface area (Å²) in [6.07, 6.45) is 4.11. The zero-order valence-electron chi connectivity index (χ0n) is 11.1. The Hall–Kier alpha value is -1.88. The Morgan fingerprint density at radius 1 is 1.35 bits per heavy atom. The number of benzene rings is 1. The van der Waals surface area contributed by atoms with E-state index in [4.69, 9.17) is 26.8 Å². The highest BCUT2D eigenvalue weighted by molar-refractivity contribution is 6.33. The molecule has 0 saturated heterocycles. The van der Waals surface area contributed by atoms with Crippen LogP contribution in [0.5, 0.6) is 11.5 Å². The second-order valence-electron chi connectivity index (χ2n) is 4.93. The van der Waals surface area contributed by atoms with Crippen molar-refractivity contribution < 1.29 is 9.47 Å². The van der Waals surface area contributed by atoms with Crippen molar-refractivity contribution in [3.8, 4) is 22.6 Å². The highest BCUT2D eigenvalue weighted by atomic mass is 35.5. The number of aromatic amines is 1. The van der Waals surface area contributed by atoms with Crippen molar-refractivity contribution in [1.82, 2.24) is 10.2 Å². The first kappa shape index (κ1) is 13.1. The maximum absolute atomic E-state index is 6.32. The van der Waals surface area contributed by atoms with Crippen molar-refractivity contribution in [2.75, 3.05) is 19.5 Å². The number of nitrogen functional groups attached to an aromatic ring is 1. The predicted molar refractivity (Wildman–Crippen MR) is 78.2 cm³/mol. The molecule has 0 bridgehead atoms. The molecule has 2 aromatic rings.